The van der Waals surface area contributed by atoms with E-state index in [-0.39, 0.29) is 78.2 Å². The fourth-order valence-electron chi connectivity index (χ4n) is 14.3. The third-order valence-corrected chi connectivity index (χ3v) is 25.3. The first-order chi connectivity index (χ1) is 53.4. The van der Waals surface area contributed by atoms with Crippen LogP contribution in [-0.2, 0) is 38.2 Å². The number of piperazine rings is 3. The van der Waals surface area contributed by atoms with Gasteiger partial charge in [-0.1, -0.05) is 161 Å². The predicted molar refractivity (Wildman–Crippen MR) is 447 cm³/mol. The first kappa shape index (κ1) is 83.6. The lowest BCUT2D eigenvalue weighted by Gasteiger charge is -2.38. The summed E-state index contributed by atoms with van der Waals surface area (Å²) in [7, 11) is -2.09. The molecule has 6 aliphatic heterocycles. The molecule has 113 heavy (non-hydrogen) atoms. The molecule has 6 aliphatic rings. The number of ether oxygens (including phenoxy) is 1. The van der Waals surface area contributed by atoms with Crippen LogP contribution >= 0.6 is 92.7 Å². The van der Waals surface area contributed by atoms with Gasteiger partial charge in [0, 0.05) is 135 Å². The summed E-state index contributed by atoms with van der Waals surface area (Å²) < 4.78 is 61.9. The van der Waals surface area contributed by atoms with Gasteiger partial charge in [-0.05, 0) is 118 Å². The van der Waals surface area contributed by atoms with Crippen molar-refractivity contribution in [3.05, 3.63) is 257 Å². The second-order valence-corrected chi connectivity index (χ2v) is 35.0. The van der Waals surface area contributed by atoms with E-state index in [4.69, 9.17) is 85.0 Å². The quantitative estimate of drug-likeness (QED) is 0.0979. The Labute approximate surface area is 695 Å². The number of anilines is 3. The van der Waals surface area contributed by atoms with Crippen molar-refractivity contribution in [1.82, 2.24) is 58.6 Å². The van der Waals surface area contributed by atoms with Crippen molar-refractivity contribution >= 4 is 175 Å². The molecule has 10 aromatic rings. The van der Waals surface area contributed by atoms with E-state index in [1.54, 1.807) is 103 Å². The third-order valence-electron chi connectivity index (χ3n) is 19.7. The maximum absolute atomic E-state index is 14.0. The molecule has 34 heteroatoms. The second-order valence-electron chi connectivity index (χ2n) is 28.1. The Bertz CT molecular complexity index is 5640. The van der Waals surface area contributed by atoms with Crippen molar-refractivity contribution in [3.63, 3.8) is 0 Å². The van der Waals surface area contributed by atoms with E-state index in [1.165, 1.54) is 10.4 Å². The molecule has 3 saturated heterocycles. The number of halogens is 8. The fourth-order valence-corrected chi connectivity index (χ4v) is 18.0. The predicted octanol–water partition coefficient (Wildman–Crippen LogP) is 15.8. The maximum Gasteiger partial charge on any atom is 0.410 e. The fraction of sp³-hybridized carbons (Fsp3) is 0.278. The summed E-state index contributed by atoms with van der Waals surface area (Å²) in [6, 6.07) is 45.4. The molecule has 3 atom stereocenters. The first-order valence-electron chi connectivity index (χ1n) is 35.8. The van der Waals surface area contributed by atoms with Crippen LogP contribution in [0.3, 0.4) is 0 Å². The molecule has 3 unspecified atom stereocenters. The highest BCUT2D eigenvalue weighted by atomic mass is 35.7. The number of sulfonamides is 1. The summed E-state index contributed by atoms with van der Waals surface area (Å²) in [5.41, 5.74) is 5.97. The molecule has 592 valence electrons. The van der Waals surface area contributed by atoms with Crippen LogP contribution in [0, 0.1) is 0 Å². The maximum atomic E-state index is 14.0. The minimum atomic E-state index is -3.74. The zero-order valence-electron chi connectivity index (χ0n) is 61.9. The molecule has 0 aliphatic carbocycles. The number of carbonyl (C=O) groups excluding carboxylic acids is 4. The minimum Gasteiger partial charge on any atom is -0.444 e. The first-order valence-corrected chi connectivity index (χ1v) is 41.8. The SMILES string of the molecule is CC1=C(C(=O)N2CCN(C(=O)OC(C)(C)C)CC2)C(c2ccc(Cl)c(Cl)c2)n2nccc2N1.CC1=C(C(=O)N2CCN(S(=O)(=O)c3cccc4ccccc34)CC2)C(c2ccc(Cl)c(Cl)c2)n2nccc2N1.CC1=C(C(=O)N2CCNCC2)C(c2ccc(Cl)c(Cl)c2)n2nccc2N1.Cl.O=S(=O)(Cl)c1cccc2ccccc12. The van der Waals surface area contributed by atoms with Crippen LogP contribution < -0.4 is 21.3 Å². The topological polar surface area (TPSA) is 264 Å². The number of carbonyl (C=O) groups is 4. The van der Waals surface area contributed by atoms with Crippen molar-refractivity contribution in [2.45, 2.75) is 75.1 Å². The molecular formula is C79H79Cl8N15O9S2. The molecule has 3 fully saturated rings. The summed E-state index contributed by atoms with van der Waals surface area (Å²) in [5, 5.41) is 32.2. The molecule has 9 heterocycles. The van der Waals surface area contributed by atoms with Gasteiger partial charge in [0.05, 0.1) is 75.2 Å². The summed E-state index contributed by atoms with van der Waals surface area (Å²) in [6.45, 7) is 16.7. The van der Waals surface area contributed by atoms with Crippen LogP contribution in [0.15, 0.2) is 220 Å². The second kappa shape index (κ2) is 35.1. The van der Waals surface area contributed by atoms with E-state index in [1.807, 2.05) is 142 Å². The van der Waals surface area contributed by atoms with Crippen LogP contribution in [0.25, 0.3) is 21.5 Å². The molecule has 24 nitrogen and oxygen atoms in total. The average Bonchev–Trinajstić information content (AvgIpc) is 1.30. The number of rotatable bonds is 9. The van der Waals surface area contributed by atoms with Gasteiger partial charge in [0.15, 0.2) is 0 Å². The lowest BCUT2D eigenvalue weighted by atomic mass is 9.94. The standard InChI is InChI=1S/C28H25Cl2N5O3S.C23H27Cl2N5O3.C18H19Cl2N5O.C10H7ClO2S.ClH/c1-18-26(27(35-25(32-18)11-12-31-35)20-9-10-22(29)23(30)17-20)28(36)33-13-15-34(16-14-33)39(37,38)24-8-4-6-19-5-2-3-7-21(19)24;1-14-19(21(31)28-9-11-29(12-10-28)22(32)33-23(2,3)4)20(30-18(27-14)7-8-26-30)15-5-6-16(24)17(25)13-15;1-11-16(18(26)24-8-6-21-7-9-24)17(25-15(23-11)4-5-22-25)12-2-3-13(19)14(20)10-12;11-14(12,13)10-7-3-5-8-4-1-2-6-9(8)10;/h2-12,17,27,32H,13-16H2,1H3;5-8,13,20,27H,9-12H2,1-4H3;2-5,10,17,21,23H,6-9H2,1H3;1-7H;1H. The highest BCUT2D eigenvalue weighted by Crippen LogP contribution is 2.43. The largest absolute Gasteiger partial charge is 0.444 e. The van der Waals surface area contributed by atoms with Crippen LogP contribution in [0.4, 0.5) is 22.2 Å². The van der Waals surface area contributed by atoms with Crippen LogP contribution in [0.2, 0.25) is 30.1 Å². The Morgan fingerprint density at radius 1 is 0.425 bits per heavy atom. The zero-order chi connectivity index (χ0) is 79.7. The number of aromatic nitrogens is 6. The number of allylic oxidation sites excluding steroid dienone is 3. The molecule has 3 aromatic heterocycles. The Kier molecular flexibility index (Phi) is 25.9. The monoisotopic (exact) mass is 1730 g/mol. The molecule has 0 radical (unpaired) electrons. The van der Waals surface area contributed by atoms with Crippen molar-refractivity contribution in [1.29, 1.82) is 0 Å². The number of fused-ring (bicyclic) bond motifs is 5. The number of hydrogen-bond donors (Lipinski definition) is 4. The highest BCUT2D eigenvalue weighted by molar-refractivity contribution is 8.14. The molecular weight excluding hydrogens is 1650 g/mol. The van der Waals surface area contributed by atoms with Gasteiger partial charge >= 0.3 is 6.09 Å². The lowest BCUT2D eigenvalue weighted by Crippen LogP contribution is -2.52. The molecule has 0 bridgehead atoms. The Hall–Kier alpha value is -8.87. The minimum absolute atomic E-state index is 0. The van der Waals surface area contributed by atoms with Gasteiger partial charge in [0.2, 0.25) is 10.0 Å². The van der Waals surface area contributed by atoms with E-state index in [0.29, 0.717) is 103 Å². The Balaban J connectivity index is 0.000000146. The number of nitrogens with zero attached hydrogens (tertiary/aromatic N) is 11. The van der Waals surface area contributed by atoms with Gasteiger partial charge in [0.1, 0.15) is 41.2 Å². The van der Waals surface area contributed by atoms with Gasteiger partial charge in [-0.3, -0.25) is 14.4 Å². The van der Waals surface area contributed by atoms with Gasteiger partial charge in [0.25, 0.3) is 26.8 Å². The molecule has 4 amide bonds. The average molecular weight is 1730 g/mol. The lowest BCUT2D eigenvalue weighted by molar-refractivity contribution is -0.129. The highest BCUT2D eigenvalue weighted by Gasteiger charge is 2.41. The number of hydrogen-bond acceptors (Lipinski definition) is 16. The van der Waals surface area contributed by atoms with E-state index >= 15 is 0 Å². The van der Waals surface area contributed by atoms with Crippen molar-refractivity contribution in [3.8, 4) is 0 Å². The normalized spacial score (nSPS) is 17.8. The van der Waals surface area contributed by atoms with Gasteiger partial charge < -0.3 is 45.6 Å². The molecule has 7 aromatic carbocycles. The molecule has 4 N–H and O–H groups in total. The number of nitrogens with one attached hydrogen (secondary N) is 4. The van der Waals surface area contributed by atoms with E-state index in [0.717, 1.165) is 69.4 Å². The Morgan fingerprint density at radius 3 is 1.13 bits per heavy atom. The van der Waals surface area contributed by atoms with Gasteiger partial charge in [-0.2, -0.15) is 19.6 Å². The molecule has 16 rings (SSSR count). The summed E-state index contributed by atoms with van der Waals surface area (Å²) in [4.78, 5) is 60.9. The summed E-state index contributed by atoms with van der Waals surface area (Å²) in [6.07, 6.45) is 4.72. The van der Waals surface area contributed by atoms with E-state index < -0.39 is 36.8 Å². The smallest absolute Gasteiger partial charge is 0.410 e. The molecule has 0 saturated carbocycles. The Morgan fingerprint density at radius 2 is 0.761 bits per heavy atom. The van der Waals surface area contributed by atoms with Crippen LogP contribution in [0.1, 0.15) is 76.4 Å². The number of amides is 4. The number of benzene rings is 7. The van der Waals surface area contributed by atoms with E-state index in [2.05, 4.69) is 36.6 Å². The zero-order valence-corrected chi connectivity index (χ0v) is 69.7. The summed E-state index contributed by atoms with van der Waals surface area (Å²) in [5.74, 6) is 2.12. The van der Waals surface area contributed by atoms with Crippen molar-refractivity contribution < 1.29 is 40.8 Å². The van der Waals surface area contributed by atoms with Crippen LogP contribution in [-0.4, -0.2) is 178 Å². The van der Waals surface area contributed by atoms with Crippen LogP contribution in [0.5, 0.6) is 0 Å². The van der Waals surface area contributed by atoms with E-state index in [9.17, 15) is 36.0 Å². The van der Waals surface area contributed by atoms with Crippen molar-refractivity contribution in [2.24, 2.45) is 0 Å². The third kappa shape index (κ3) is 18.1. The molecule has 0 spiro atoms. The van der Waals surface area contributed by atoms with Crippen molar-refractivity contribution in [2.75, 3.05) is 94.5 Å². The van der Waals surface area contributed by atoms with Gasteiger partial charge in [-0.15, -0.1) is 12.4 Å². The summed E-state index contributed by atoms with van der Waals surface area (Å²) >= 11 is 37.3. The van der Waals surface area contributed by atoms with Gasteiger partial charge in [-0.25, -0.2) is 35.7 Å².